The first-order valence-corrected chi connectivity index (χ1v) is 5.59. The highest BCUT2D eigenvalue weighted by atomic mass is 35.5. The molecule has 0 unspecified atom stereocenters. The largest absolute Gasteiger partial charge is 0.480 e. The first-order chi connectivity index (χ1) is 7.29. The predicted octanol–water partition coefficient (Wildman–Crippen LogP) is 0.702. The van der Waals surface area contributed by atoms with Gasteiger partial charge in [-0.3, -0.25) is 4.79 Å². The van der Waals surface area contributed by atoms with Gasteiger partial charge in [-0.1, -0.05) is 0 Å². The molecule has 0 aromatic carbocycles. The lowest BCUT2D eigenvalue weighted by Crippen LogP contribution is -2.47. The van der Waals surface area contributed by atoms with E-state index in [1.165, 1.54) is 13.8 Å². The van der Waals surface area contributed by atoms with Crippen LogP contribution in [0.15, 0.2) is 0 Å². The highest BCUT2D eigenvalue weighted by Gasteiger charge is 2.28. The summed E-state index contributed by atoms with van der Waals surface area (Å²) in [6.07, 6.45) is 1.77. The number of hydrogen-bond donors (Lipinski definition) is 3. The van der Waals surface area contributed by atoms with Gasteiger partial charge in [0.2, 0.25) is 5.91 Å². The summed E-state index contributed by atoms with van der Waals surface area (Å²) >= 11 is 5.77. The van der Waals surface area contributed by atoms with Crippen LogP contribution in [0.2, 0.25) is 0 Å². The number of hydrogen-bond acceptors (Lipinski definition) is 3. The van der Waals surface area contributed by atoms with Gasteiger partial charge in [0.1, 0.15) is 10.9 Å². The highest BCUT2D eigenvalue weighted by molar-refractivity contribution is 6.34. The lowest BCUT2D eigenvalue weighted by atomic mass is 10.1. The SMILES string of the molecule is CC(C)(Cl)C(=O)N[C@@H](CCCCN)C(=O)O. The van der Waals surface area contributed by atoms with Gasteiger partial charge >= 0.3 is 5.97 Å². The molecular weight excluding hydrogens is 232 g/mol. The topological polar surface area (TPSA) is 92.4 Å². The van der Waals surface area contributed by atoms with Crippen LogP contribution in [0.4, 0.5) is 0 Å². The molecule has 0 bridgehead atoms. The Bertz CT molecular complexity index is 251. The van der Waals surface area contributed by atoms with E-state index in [0.717, 1.165) is 6.42 Å². The summed E-state index contributed by atoms with van der Waals surface area (Å²) in [4.78, 5) is 21.3. The maximum Gasteiger partial charge on any atom is 0.326 e. The van der Waals surface area contributed by atoms with Crippen molar-refractivity contribution in [2.75, 3.05) is 6.54 Å². The quantitative estimate of drug-likeness (QED) is 0.458. The Morgan fingerprint density at radius 2 is 2.00 bits per heavy atom. The molecule has 0 aliphatic rings. The number of aliphatic carboxylic acids is 1. The maximum absolute atomic E-state index is 11.5. The van der Waals surface area contributed by atoms with Crippen molar-refractivity contribution < 1.29 is 14.7 Å². The molecule has 0 spiro atoms. The average Bonchev–Trinajstić information content (AvgIpc) is 2.14. The molecule has 0 rings (SSSR count). The Kier molecular flexibility index (Phi) is 6.36. The zero-order valence-electron chi connectivity index (χ0n) is 9.62. The number of unbranched alkanes of at least 4 members (excludes halogenated alkanes) is 1. The average molecular weight is 251 g/mol. The van der Waals surface area contributed by atoms with Crippen molar-refractivity contribution >= 4 is 23.5 Å². The number of nitrogens with one attached hydrogen (secondary N) is 1. The van der Waals surface area contributed by atoms with Gasteiger partial charge in [-0.15, -0.1) is 11.6 Å². The van der Waals surface area contributed by atoms with E-state index >= 15 is 0 Å². The van der Waals surface area contributed by atoms with E-state index in [0.29, 0.717) is 19.4 Å². The van der Waals surface area contributed by atoms with Crippen LogP contribution in [0.5, 0.6) is 0 Å². The molecule has 0 aliphatic carbocycles. The van der Waals surface area contributed by atoms with Crippen molar-refractivity contribution in [2.45, 2.75) is 44.0 Å². The van der Waals surface area contributed by atoms with Crippen molar-refractivity contribution in [3.05, 3.63) is 0 Å². The molecule has 4 N–H and O–H groups in total. The van der Waals surface area contributed by atoms with Gasteiger partial charge in [-0.25, -0.2) is 4.79 Å². The summed E-state index contributed by atoms with van der Waals surface area (Å²) in [5.74, 6) is -1.53. The third-order valence-corrected chi connectivity index (χ3v) is 2.26. The molecule has 1 atom stereocenters. The summed E-state index contributed by atoms with van der Waals surface area (Å²) < 4.78 is 0. The van der Waals surface area contributed by atoms with Crippen LogP contribution in [0, 0.1) is 0 Å². The molecule has 5 nitrogen and oxygen atoms in total. The van der Waals surface area contributed by atoms with Crippen molar-refractivity contribution in [1.82, 2.24) is 5.32 Å². The van der Waals surface area contributed by atoms with Gasteiger partial charge in [0, 0.05) is 0 Å². The standard InChI is InChI=1S/C10H19ClN2O3/c1-10(2,11)9(16)13-7(8(14)15)5-3-4-6-12/h7H,3-6,12H2,1-2H3,(H,13,16)(H,14,15)/t7-/m0/s1. The number of carboxylic acids is 1. The lowest BCUT2D eigenvalue weighted by molar-refractivity contribution is -0.142. The van der Waals surface area contributed by atoms with Crippen molar-refractivity contribution in [1.29, 1.82) is 0 Å². The molecule has 0 aliphatic heterocycles. The first-order valence-electron chi connectivity index (χ1n) is 5.21. The van der Waals surface area contributed by atoms with Crippen LogP contribution >= 0.6 is 11.6 Å². The molecule has 0 saturated carbocycles. The fourth-order valence-electron chi connectivity index (χ4n) is 1.08. The van der Waals surface area contributed by atoms with Gasteiger partial charge in [0.15, 0.2) is 0 Å². The number of carbonyl (C=O) groups is 2. The van der Waals surface area contributed by atoms with Crippen LogP contribution in [0.1, 0.15) is 33.1 Å². The Morgan fingerprint density at radius 3 is 2.38 bits per heavy atom. The van der Waals surface area contributed by atoms with E-state index in [4.69, 9.17) is 22.4 Å². The molecule has 0 saturated heterocycles. The summed E-state index contributed by atoms with van der Waals surface area (Å²) in [6.45, 7) is 3.55. The van der Waals surface area contributed by atoms with Crippen molar-refractivity contribution in [3.63, 3.8) is 0 Å². The van der Waals surface area contributed by atoms with Crippen LogP contribution in [0.25, 0.3) is 0 Å². The molecule has 0 heterocycles. The van der Waals surface area contributed by atoms with E-state index in [1.54, 1.807) is 0 Å². The second-order valence-corrected chi connectivity index (χ2v) is 5.07. The number of amides is 1. The van der Waals surface area contributed by atoms with Crippen LogP contribution < -0.4 is 11.1 Å². The fourth-order valence-corrected chi connectivity index (χ4v) is 1.13. The molecule has 0 fully saturated rings. The number of carboxylic acid groups (broad SMARTS) is 1. The van der Waals surface area contributed by atoms with Gasteiger partial charge in [-0.2, -0.15) is 0 Å². The Hall–Kier alpha value is -0.810. The Labute approximate surface area is 100 Å². The van der Waals surface area contributed by atoms with Crippen molar-refractivity contribution in [2.24, 2.45) is 5.73 Å². The van der Waals surface area contributed by atoms with E-state index in [-0.39, 0.29) is 0 Å². The second-order valence-electron chi connectivity index (χ2n) is 4.12. The zero-order valence-corrected chi connectivity index (χ0v) is 10.4. The molecule has 0 aromatic rings. The van der Waals surface area contributed by atoms with Gasteiger partial charge in [0.25, 0.3) is 0 Å². The summed E-state index contributed by atoms with van der Waals surface area (Å²) in [6, 6.07) is -0.892. The molecular formula is C10H19ClN2O3. The summed E-state index contributed by atoms with van der Waals surface area (Å²) in [7, 11) is 0. The predicted molar refractivity (Wildman–Crippen MR) is 62.4 cm³/mol. The van der Waals surface area contributed by atoms with Crippen LogP contribution in [-0.4, -0.2) is 34.4 Å². The number of rotatable bonds is 7. The summed E-state index contributed by atoms with van der Waals surface area (Å²) in [5, 5.41) is 11.3. The minimum atomic E-state index is -1.10. The highest BCUT2D eigenvalue weighted by Crippen LogP contribution is 2.13. The number of halogens is 1. The van der Waals surface area contributed by atoms with E-state index in [9.17, 15) is 9.59 Å². The summed E-state index contributed by atoms with van der Waals surface area (Å²) in [5.41, 5.74) is 5.31. The normalized spacial score (nSPS) is 13.2. The molecule has 94 valence electrons. The van der Waals surface area contributed by atoms with Gasteiger partial charge in [0.05, 0.1) is 0 Å². The molecule has 16 heavy (non-hydrogen) atoms. The van der Waals surface area contributed by atoms with E-state index in [2.05, 4.69) is 5.32 Å². The number of nitrogens with two attached hydrogens (primary N) is 1. The molecule has 1 amide bonds. The van der Waals surface area contributed by atoms with Crippen LogP contribution in [0.3, 0.4) is 0 Å². The Morgan fingerprint density at radius 1 is 1.44 bits per heavy atom. The van der Waals surface area contributed by atoms with Gasteiger partial charge < -0.3 is 16.2 Å². The maximum atomic E-state index is 11.5. The van der Waals surface area contributed by atoms with Crippen molar-refractivity contribution in [3.8, 4) is 0 Å². The number of alkyl halides is 1. The second kappa shape index (κ2) is 6.70. The Balaban J connectivity index is 4.24. The zero-order chi connectivity index (χ0) is 12.8. The first kappa shape index (κ1) is 15.2. The van der Waals surface area contributed by atoms with Gasteiger partial charge in [-0.05, 0) is 39.7 Å². The molecule has 0 aromatic heterocycles. The van der Waals surface area contributed by atoms with E-state index in [1.807, 2.05) is 0 Å². The molecule has 0 radical (unpaired) electrons. The minimum Gasteiger partial charge on any atom is -0.480 e. The minimum absolute atomic E-state index is 0.366. The fraction of sp³-hybridized carbons (Fsp3) is 0.800. The number of carbonyl (C=O) groups excluding carboxylic acids is 1. The molecule has 6 heteroatoms. The monoisotopic (exact) mass is 250 g/mol. The van der Waals surface area contributed by atoms with E-state index < -0.39 is 22.8 Å². The smallest absolute Gasteiger partial charge is 0.326 e. The lowest BCUT2D eigenvalue weighted by Gasteiger charge is -2.20. The third-order valence-electron chi connectivity index (χ3n) is 2.09. The van der Waals surface area contributed by atoms with Crippen LogP contribution in [-0.2, 0) is 9.59 Å². The third kappa shape index (κ3) is 5.92.